The highest BCUT2D eigenvalue weighted by molar-refractivity contribution is 7.00. The molecule has 85 heavy (non-hydrogen) atoms. The average Bonchev–Trinajstić information content (AvgIpc) is 1.20. The van der Waals surface area contributed by atoms with Gasteiger partial charge in [-0.25, -0.2) is 15.0 Å². The highest BCUT2D eigenvalue weighted by atomic mass is 16.3. The third-order valence-electron chi connectivity index (χ3n) is 16.7. The van der Waals surface area contributed by atoms with E-state index in [1.807, 2.05) is 91.0 Å². The Kier molecular flexibility index (Phi) is 11.7. The number of hydrogen-bond acceptors (Lipinski definition) is 7. The fraction of sp³-hybridized carbons (Fsp3) is 0. The van der Waals surface area contributed by atoms with Crippen molar-refractivity contribution in [3.8, 4) is 85.1 Å². The van der Waals surface area contributed by atoms with Crippen LogP contribution in [0.5, 0.6) is 5.75 Å². The van der Waals surface area contributed by atoms with Gasteiger partial charge in [0.25, 0.3) is 6.71 Å². The Morgan fingerprint density at radius 2 is 0.800 bits per heavy atom. The second-order valence-electron chi connectivity index (χ2n) is 21.6. The molecule has 4 heterocycles. The normalized spacial score (nSPS) is 12.2. The van der Waals surface area contributed by atoms with Crippen LogP contribution in [0, 0.1) is 11.3 Å². The SMILES string of the molecule is N#Cc1ccc(-n2c3ccc(-c4cc5c6c(c4)N(c4ccccc4)c4cc(-c7ccccc7)ccc4B6c4ccc(-c6ccccc6)cc4N5c4ccccc4)cc3c3ccc(O)cc32)c(-c2nc(-c3ccccc3)nc(-c3ccccc3)n2)c1. The summed E-state index contributed by atoms with van der Waals surface area (Å²) in [5.41, 5.74) is 22.1. The lowest BCUT2D eigenvalue weighted by atomic mass is 9.33. The van der Waals surface area contributed by atoms with Crippen LogP contribution in [0.15, 0.2) is 285 Å². The number of nitriles is 1. The predicted molar refractivity (Wildman–Crippen MR) is 347 cm³/mol. The predicted octanol–water partition coefficient (Wildman–Crippen LogP) is 16.6. The molecule has 0 saturated carbocycles. The van der Waals surface area contributed by atoms with Crippen LogP contribution in [0.3, 0.4) is 0 Å². The van der Waals surface area contributed by atoms with Crippen molar-refractivity contribution in [3.05, 3.63) is 291 Å². The van der Waals surface area contributed by atoms with Crippen LogP contribution in [-0.4, -0.2) is 31.3 Å². The Labute approximate surface area is 491 Å². The van der Waals surface area contributed by atoms with E-state index in [9.17, 15) is 10.4 Å². The highest BCUT2D eigenvalue weighted by Crippen LogP contribution is 2.48. The molecule has 0 radical (unpaired) electrons. The maximum absolute atomic E-state index is 11.4. The molecule has 16 rings (SSSR count). The molecule has 2 aliphatic heterocycles. The van der Waals surface area contributed by atoms with Crippen molar-refractivity contribution in [2.75, 3.05) is 9.80 Å². The van der Waals surface area contributed by atoms with Gasteiger partial charge in [-0.15, -0.1) is 0 Å². The summed E-state index contributed by atoms with van der Waals surface area (Å²) in [7, 11) is 0. The molecule has 0 amide bonds. The summed E-state index contributed by atoms with van der Waals surface area (Å²) in [5.74, 6) is 1.56. The van der Waals surface area contributed by atoms with Crippen LogP contribution < -0.4 is 26.2 Å². The van der Waals surface area contributed by atoms with Gasteiger partial charge < -0.3 is 19.5 Å². The summed E-state index contributed by atoms with van der Waals surface area (Å²) in [6.07, 6.45) is 0. The van der Waals surface area contributed by atoms with Crippen LogP contribution in [0.2, 0.25) is 0 Å². The van der Waals surface area contributed by atoms with Crippen LogP contribution in [0.4, 0.5) is 34.1 Å². The number of anilines is 6. The van der Waals surface area contributed by atoms with Crippen LogP contribution in [0.1, 0.15) is 5.56 Å². The Bertz CT molecular complexity index is 4760. The van der Waals surface area contributed by atoms with Gasteiger partial charge in [-0.1, -0.05) is 188 Å². The smallest absolute Gasteiger partial charge is 0.252 e. The second kappa shape index (κ2) is 20.1. The largest absolute Gasteiger partial charge is 0.508 e. The zero-order valence-electron chi connectivity index (χ0n) is 45.8. The highest BCUT2D eigenvalue weighted by Gasteiger charge is 2.44. The number of phenolic OH excluding ortho intramolecular Hbond substituents is 1. The summed E-state index contributed by atoms with van der Waals surface area (Å²) in [5, 5.41) is 23.8. The van der Waals surface area contributed by atoms with Crippen molar-refractivity contribution >= 4 is 79.0 Å². The molecule has 2 aliphatic rings. The molecule has 14 aromatic rings. The third kappa shape index (κ3) is 8.34. The number of benzene rings is 12. The van der Waals surface area contributed by atoms with Crippen molar-refractivity contribution in [1.29, 1.82) is 5.26 Å². The fourth-order valence-corrected chi connectivity index (χ4v) is 12.8. The molecule has 0 aliphatic carbocycles. The van der Waals surface area contributed by atoms with E-state index >= 15 is 0 Å². The Balaban J connectivity index is 0.946. The van der Waals surface area contributed by atoms with Gasteiger partial charge in [-0.3, -0.25) is 0 Å². The molecule has 0 unspecified atom stereocenters. The lowest BCUT2D eigenvalue weighted by molar-refractivity contribution is 0.476. The monoisotopic (exact) mass is 1090 g/mol. The lowest BCUT2D eigenvalue weighted by Gasteiger charge is -2.44. The molecule has 2 aromatic heterocycles. The van der Waals surface area contributed by atoms with Crippen molar-refractivity contribution in [2.24, 2.45) is 0 Å². The summed E-state index contributed by atoms with van der Waals surface area (Å²) in [4.78, 5) is 20.3. The number of para-hydroxylation sites is 2. The first-order valence-electron chi connectivity index (χ1n) is 28.5. The summed E-state index contributed by atoms with van der Waals surface area (Å²) in [6.45, 7) is -0.106. The molecular formula is C76H48BN7O. The first kappa shape index (κ1) is 49.2. The number of nitrogens with zero attached hydrogens (tertiary/aromatic N) is 7. The number of hydrogen-bond donors (Lipinski definition) is 1. The van der Waals surface area contributed by atoms with Crippen LogP contribution in [-0.2, 0) is 0 Å². The molecule has 1 N–H and O–H groups in total. The van der Waals surface area contributed by atoms with Gasteiger partial charge in [0.2, 0.25) is 0 Å². The van der Waals surface area contributed by atoms with Crippen molar-refractivity contribution in [1.82, 2.24) is 19.5 Å². The van der Waals surface area contributed by atoms with E-state index in [0.717, 1.165) is 106 Å². The summed E-state index contributed by atoms with van der Waals surface area (Å²) in [6, 6.07) is 102. The van der Waals surface area contributed by atoms with E-state index in [1.165, 1.54) is 16.4 Å². The quantitative estimate of drug-likeness (QED) is 0.144. The molecule has 9 heteroatoms. The van der Waals surface area contributed by atoms with Crippen LogP contribution >= 0.6 is 0 Å². The summed E-state index contributed by atoms with van der Waals surface area (Å²) < 4.78 is 2.16. The number of rotatable bonds is 9. The van der Waals surface area contributed by atoms with Gasteiger partial charge in [-0.2, -0.15) is 5.26 Å². The molecule has 0 fully saturated rings. The minimum atomic E-state index is -0.106. The summed E-state index contributed by atoms with van der Waals surface area (Å²) >= 11 is 0. The minimum Gasteiger partial charge on any atom is -0.508 e. The maximum Gasteiger partial charge on any atom is 0.252 e. The first-order chi connectivity index (χ1) is 42.0. The number of aromatic nitrogens is 4. The lowest BCUT2D eigenvalue weighted by Crippen LogP contribution is -2.61. The molecule has 0 bridgehead atoms. The molecule has 0 spiro atoms. The number of fused-ring (bicyclic) bond motifs is 7. The zero-order chi connectivity index (χ0) is 56.5. The van der Waals surface area contributed by atoms with Crippen molar-refractivity contribution < 1.29 is 5.11 Å². The molecule has 8 nitrogen and oxygen atoms in total. The fourth-order valence-electron chi connectivity index (χ4n) is 12.8. The van der Waals surface area contributed by atoms with E-state index in [-0.39, 0.29) is 12.5 Å². The first-order valence-corrected chi connectivity index (χ1v) is 28.5. The second-order valence-corrected chi connectivity index (χ2v) is 21.6. The topological polar surface area (TPSA) is 94.1 Å². The third-order valence-corrected chi connectivity index (χ3v) is 16.7. The van der Waals surface area contributed by atoms with E-state index in [0.29, 0.717) is 28.6 Å². The standard InChI is InChI=1S/C76H48BN7O/c78-48-49-31-39-67(63(41-49)76-80-74(52-23-11-3-12-24-52)79-75(81-76)53-25-13-4-14-26-53)84-66-40-34-54(42-62(66)61-36-35-60(85)47-68(61)84)57-45-71-73-72(46-57)83(59-29-17-6-18-30-59)70-44-56(51-21-9-2-10-22-51)33-38-65(70)77(73)64-37-32-55(50-19-7-1-8-20-50)43-69(64)82(71)58-27-15-5-16-28-58/h1-47,85H. The van der Waals surface area contributed by atoms with Crippen molar-refractivity contribution in [3.63, 3.8) is 0 Å². The van der Waals surface area contributed by atoms with Crippen LogP contribution in [0.25, 0.3) is 95.0 Å². The molecule has 12 aromatic carbocycles. The van der Waals surface area contributed by atoms with Gasteiger partial charge in [0, 0.05) is 67.7 Å². The Hall–Kier alpha value is -11.6. The molecule has 396 valence electrons. The number of phenols is 1. The molecule has 0 saturated heterocycles. The Morgan fingerprint density at radius 1 is 0.341 bits per heavy atom. The Morgan fingerprint density at radius 3 is 1.32 bits per heavy atom. The average molecular weight is 1090 g/mol. The van der Waals surface area contributed by atoms with Gasteiger partial charge in [-0.05, 0) is 141 Å². The number of aromatic hydroxyl groups is 1. The van der Waals surface area contributed by atoms with E-state index in [4.69, 9.17) is 15.0 Å². The van der Waals surface area contributed by atoms with E-state index in [1.54, 1.807) is 6.07 Å². The van der Waals surface area contributed by atoms with Gasteiger partial charge in [0.1, 0.15) is 5.75 Å². The van der Waals surface area contributed by atoms with Gasteiger partial charge >= 0.3 is 0 Å². The molecule has 0 atom stereocenters. The zero-order valence-corrected chi connectivity index (χ0v) is 45.8. The minimum absolute atomic E-state index is 0.106. The molecular weight excluding hydrogens is 1040 g/mol. The maximum atomic E-state index is 11.4. The van der Waals surface area contributed by atoms with E-state index < -0.39 is 0 Å². The van der Waals surface area contributed by atoms with Crippen molar-refractivity contribution in [2.45, 2.75) is 0 Å². The van der Waals surface area contributed by atoms with E-state index in [2.05, 4.69) is 208 Å². The van der Waals surface area contributed by atoms with Gasteiger partial charge in [0.15, 0.2) is 17.5 Å². The van der Waals surface area contributed by atoms with Gasteiger partial charge in [0.05, 0.1) is 28.4 Å².